The third kappa shape index (κ3) is 3.75. The number of benzene rings is 1. The van der Waals surface area contributed by atoms with Crippen LogP contribution in [0, 0.1) is 5.82 Å². The number of carbonyl (C=O) groups is 1. The van der Waals surface area contributed by atoms with Crippen molar-refractivity contribution in [1.82, 2.24) is 24.6 Å². The van der Waals surface area contributed by atoms with E-state index in [1.165, 1.54) is 25.5 Å². The van der Waals surface area contributed by atoms with Crippen LogP contribution in [0.3, 0.4) is 0 Å². The van der Waals surface area contributed by atoms with Gasteiger partial charge in [-0.1, -0.05) is 30.9 Å². The van der Waals surface area contributed by atoms with Gasteiger partial charge in [0.1, 0.15) is 11.9 Å². The molecule has 1 aromatic carbocycles. The second kappa shape index (κ2) is 8.34. The number of hydrogen-bond donors (Lipinski definition) is 2. The van der Waals surface area contributed by atoms with Crippen molar-refractivity contribution in [3.63, 3.8) is 0 Å². The van der Waals surface area contributed by atoms with Gasteiger partial charge in [0.15, 0.2) is 17.3 Å². The van der Waals surface area contributed by atoms with Gasteiger partial charge in [-0.25, -0.2) is 13.8 Å². The summed E-state index contributed by atoms with van der Waals surface area (Å²) >= 11 is 6.43. The van der Waals surface area contributed by atoms with Crippen molar-refractivity contribution >= 4 is 46.1 Å². The smallest absolute Gasteiger partial charge is 0.212 e. The third-order valence-corrected chi connectivity index (χ3v) is 5.73. The minimum atomic E-state index is -1.01. The van der Waals surface area contributed by atoms with Crippen molar-refractivity contribution in [2.75, 3.05) is 23.3 Å². The fourth-order valence-corrected chi connectivity index (χ4v) is 4.01. The number of hydrogen-bond acceptors (Lipinski definition) is 5. The Hall–Kier alpha value is -3.27. The first-order valence-electron chi connectivity index (χ1n) is 10.3. The molecule has 11 heteroatoms. The number of aromatic nitrogens is 5. The van der Waals surface area contributed by atoms with E-state index in [1.807, 2.05) is 0 Å². The molecule has 0 radical (unpaired) electrons. The van der Waals surface area contributed by atoms with E-state index in [1.54, 1.807) is 27.9 Å². The Morgan fingerprint density at radius 1 is 1.25 bits per heavy atom. The Morgan fingerprint density at radius 2 is 2.06 bits per heavy atom. The first-order chi connectivity index (χ1) is 15.6. The highest BCUT2D eigenvalue weighted by Crippen LogP contribution is 2.43. The number of rotatable bonds is 4. The van der Waals surface area contributed by atoms with Crippen molar-refractivity contribution in [2.24, 2.45) is 0 Å². The molecule has 1 unspecified atom stereocenters. The fraction of sp³-hybridized carbons (Fsp3) is 0.333. The summed E-state index contributed by atoms with van der Waals surface area (Å²) in [5.41, 5.74) is 1.92. The standard InChI is InChI=1S/C18H14ClF2N7O.C3H6/c19-15-14(11-6-28-7-12(23-8-29)25-13(28)4-22-11)10-3-24-26-17(10)18(16(15)21)27-2-1-9(20)5-27;1-2-3-1/h3-4,6-9H,1-2,5H2,(H,23,29)(H,24,26);1-3H2. The van der Waals surface area contributed by atoms with E-state index in [0.29, 0.717) is 53.0 Å². The first-order valence-corrected chi connectivity index (χ1v) is 10.7. The number of fused-ring (bicyclic) bond motifs is 2. The maximum Gasteiger partial charge on any atom is 0.212 e. The molecule has 1 amide bonds. The number of nitrogens with zero attached hydrogens (tertiary/aromatic N) is 5. The van der Waals surface area contributed by atoms with Crippen molar-refractivity contribution in [1.29, 1.82) is 0 Å². The van der Waals surface area contributed by atoms with Gasteiger partial charge in [0, 0.05) is 30.2 Å². The van der Waals surface area contributed by atoms with Crippen LogP contribution in [0.5, 0.6) is 0 Å². The molecule has 2 aliphatic rings. The molecule has 1 saturated carbocycles. The molecule has 0 bridgehead atoms. The first kappa shape index (κ1) is 20.6. The molecule has 4 aromatic rings. The van der Waals surface area contributed by atoms with Gasteiger partial charge in [0.2, 0.25) is 6.41 Å². The quantitative estimate of drug-likeness (QED) is 0.443. The van der Waals surface area contributed by atoms with Gasteiger partial charge in [-0.3, -0.25) is 14.9 Å². The lowest BCUT2D eigenvalue weighted by Crippen LogP contribution is -2.22. The van der Waals surface area contributed by atoms with Gasteiger partial charge in [-0.2, -0.15) is 5.10 Å². The Labute approximate surface area is 186 Å². The predicted octanol–water partition coefficient (Wildman–Crippen LogP) is 4.35. The molecule has 2 fully saturated rings. The van der Waals surface area contributed by atoms with Crippen molar-refractivity contribution < 1.29 is 13.6 Å². The highest BCUT2D eigenvalue weighted by Gasteiger charge is 2.30. The van der Waals surface area contributed by atoms with Crippen LogP contribution in [0.1, 0.15) is 25.7 Å². The van der Waals surface area contributed by atoms with E-state index in [4.69, 9.17) is 11.6 Å². The van der Waals surface area contributed by atoms with Crippen molar-refractivity contribution in [2.45, 2.75) is 31.9 Å². The van der Waals surface area contributed by atoms with Crippen LogP contribution in [0.15, 0.2) is 24.8 Å². The Morgan fingerprint density at radius 3 is 2.75 bits per heavy atom. The summed E-state index contributed by atoms with van der Waals surface area (Å²) in [5, 5.41) is 9.78. The molecule has 166 valence electrons. The van der Waals surface area contributed by atoms with Gasteiger partial charge in [0.25, 0.3) is 0 Å². The second-order valence-electron chi connectivity index (χ2n) is 7.83. The number of amides is 1. The maximum absolute atomic E-state index is 15.3. The molecule has 0 spiro atoms. The zero-order chi connectivity index (χ0) is 22.2. The van der Waals surface area contributed by atoms with Gasteiger partial charge in [-0.05, 0) is 6.42 Å². The van der Waals surface area contributed by atoms with Crippen LogP contribution in [-0.4, -0.2) is 50.2 Å². The number of anilines is 2. The lowest BCUT2D eigenvalue weighted by molar-refractivity contribution is -0.105. The predicted molar refractivity (Wildman–Crippen MR) is 118 cm³/mol. The van der Waals surface area contributed by atoms with Gasteiger partial charge in [0.05, 0.1) is 34.8 Å². The number of aromatic amines is 1. The molecular weight excluding hydrogens is 440 g/mol. The summed E-state index contributed by atoms with van der Waals surface area (Å²) in [7, 11) is 0. The summed E-state index contributed by atoms with van der Waals surface area (Å²) in [5.74, 6) is -0.293. The molecule has 8 nitrogen and oxygen atoms in total. The number of nitrogens with one attached hydrogen (secondary N) is 2. The van der Waals surface area contributed by atoms with Gasteiger partial charge >= 0.3 is 0 Å². The molecular formula is C21H20ClF2N7O. The van der Waals surface area contributed by atoms with E-state index in [-0.39, 0.29) is 17.3 Å². The topological polar surface area (TPSA) is 91.2 Å². The average molecular weight is 460 g/mol. The van der Waals surface area contributed by atoms with Gasteiger partial charge in [-0.15, -0.1) is 0 Å². The normalized spacial score (nSPS) is 17.5. The van der Waals surface area contributed by atoms with E-state index in [2.05, 4.69) is 25.5 Å². The largest absolute Gasteiger partial charge is 0.364 e. The van der Waals surface area contributed by atoms with Crippen LogP contribution in [-0.2, 0) is 4.79 Å². The molecule has 1 saturated heterocycles. The van der Waals surface area contributed by atoms with Crippen LogP contribution < -0.4 is 10.2 Å². The molecule has 4 heterocycles. The number of imidazole rings is 1. The van der Waals surface area contributed by atoms with Crippen molar-refractivity contribution in [3.8, 4) is 11.3 Å². The third-order valence-electron chi connectivity index (χ3n) is 5.37. The van der Waals surface area contributed by atoms with Crippen molar-refractivity contribution in [3.05, 3.63) is 35.6 Å². The number of carbonyl (C=O) groups excluding carboxylic acids is 1. The minimum Gasteiger partial charge on any atom is -0.364 e. The lowest BCUT2D eigenvalue weighted by atomic mass is 10.0. The number of H-pyrrole nitrogens is 1. The summed E-state index contributed by atoms with van der Waals surface area (Å²) in [6.45, 7) is 0.500. The highest BCUT2D eigenvalue weighted by atomic mass is 35.5. The molecule has 1 atom stereocenters. The highest BCUT2D eigenvalue weighted by molar-refractivity contribution is 6.35. The average Bonchev–Trinajstić information content (AvgIpc) is 3.33. The Bertz CT molecular complexity index is 1300. The molecule has 6 rings (SSSR count). The summed E-state index contributed by atoms with van der Waals surface area (Å²) in [4.78, 5) is 20.8. The zero-order valence-electron chi connectivity index (χ0n) is 17.0. The Balaban J connectivity index is 0.000000666. The molecule has 32 heavy (non-hydrogen) atoms. The van der Waals surface area contributed by atoms with Crippen LogP contribution in [0.25, 0.3) is 27.8 Å². The fourth-order valence-electron chi connectivity index (χ4n) is 3.72. The maximum atomic E-state index is 15.3. The Kier molecular flexibility index (Phi) is 5.38. The van der Waals surface area contributed by atoms with E-state index in [0.717, 1.165) is 0 Å². The number of alkyl halides is 1. The SMILES string of the molecule is C1CC1.O=CNc1cn2cc(-c3c(Cl)c(F)c(N4CCC(F)C4)c4[nH]ncc34)ncc2n1. The molecule has 1 aliphatic carbocycles. The van der Waals surface area contributed by atoms with E-state index >= 15 is 4.39 Å². The molecule has 1 aliphatic heterocycles. The summed E-state index contributed by atoms with van der Waals surface area (Å²) < 4.78 is 30.7. The minimum absolute atomic E-state index is 0.104. The lowest BCUT2D eigenvalue weighted by Gasteiger charge is -2.21. The summed E-state index contributed by atoms with van der Waals surface area (Å²) in [6.07, 6.45) is 10.6. The second-order valence-corrected chi connectivity index (χ2v) is 8.21. The summed E-state index contributed by atoms with van der Waals surface area (Å²) in [6, 6.07) is 0. The van der Waals surface area contributed by atoms with Gasteiger partial charge < -0.3 is 14.6 Å². The van der Waals surface area contributed by atoms with Crippen LogP contribution in [0.2, 0.25) is 5.02 Å². The molecule has 2 N–H and O–H groups in total. The van der Waals surface area contributed by atoms with Crippen LogP contribution >= 0.6 is 11.6 Å². The number of halogens is 3. The monoisotopic (exact) mass is 459 g/mol. The van der Waals surface area contributed by atoms with E-state index < -0.39 is 12.0 Å². The zero-order valence-corrected chi connectivity index (χ0v) is 17.7. The molecule has 3 aromatic heterocycles. The van der Waals surface area contributed by atoms with Crippen LogP contribution in [0.4, 0.5) is 20.3 Å². The van der Waals surface area contributed by atoms with E-state index in [9.17, 15) is 9.18 Å².